The minimum absolute atomic E-state index is 0.122. The van der Waals surface area contributed by atoms with Crippen LogP contribution < -0.4 is 16.4 Å². The van der Waals surface area contributed by atoms with Crippen molar-refractivity contribution in [2.75, 3.05) is 18.6 Å². The largest absolute Gasteiger partial charge is 0.481 e. The molecule has 1 fully saturated rings. The smallest absolute Gasteiger partial charge is 0.326 e. The molecule has 1 aliphatic rings. The van der Waals surface area contributed by atoms with Crippen molar-refractivity contribution < 1.29 is 44.1 Å². The maximum atomic E-state index is 13.0. The fourth-order valence-electron chi connectivity index (χ4n) is 3.33. The third-order valence-electron chi connectivity index (χ3n) is 5.06. The van der Waals surface area contributed by atoms with Crippen molar-refractivity contribution >= 4 is 47.4 Å². The normalized spacial score (nSPS) is 18.1. The Morgan fingerprint density at radius 2 is 1.70 bits per heavy atom. The van der Waals surface area contributed by atoms with Crippen LogP contribution in [0.25, 0.3) is 0 Å². The predicted molar refractivity (Wildman–Crippen MR) is 116 cm³/mol. The molecule has 0 aromatic heterocycles. The van der Waals surface area contributed by atoms with E-state index in [0.717, 1.165) is 4.90 Å². The van der Waals surface area contributed by atoms with E-state index in [0.29, 0.717) is 12.2 Å². The number of nitrogens with one attached hydrogen (secondary N) is 2. The van der Waals surface area contributed by atoms with Gasteiger partial charge in [0.05, 0.1) is 12.5 Å². The Hall–Kier alpha value is -2.87. The molecule has 0 aromatic rings. The fourth-order valence-corrected chi connectivity index (χ4v) is 3.80. The van der Waals surface area contributed by atoms with E-state index in [1.54, 1.807) is 6.26 Å². The van der Waals surface area contributed by atoms with Crippen LogP contribution >= 0.6 is 11.8 Å². The molecule has 33 heavy (non-hydrogen) atoms. The number of carboxylic acids is 3. The lowest BCUT2D eigenvalue weighted by Crippen LogP contribution is -2.57. The first-order valence-corrected chi connectivity index (χ1v) is 11.7. The highest BCUT2D eigenvalue weighted by Crippen LogP contribution is 2.20. The quantitative estimate of drug-likeness (QED) is 0.164. The first kappa shape index (κ1) is 28.2. The van der Waals surface area contributed by atoms with Crippen LogP contribution in [0.3, 0.4) is 0 Å². The zero-order valence-electron chi connectivity index (χ0n) is 18.2. The van der Waals surface area contributed by atoms with Crippen molar-refractivity contribution in [3.05, 3.63) is 0 Å². The van der Waals surface area contributed by atoms with E-state index >= 15 is 0 Å². The van der Waals surface area contributed by atoms with Gasteiger partial charge in [-0.15, -0.1) is 0 Å². The number of carbonyl (C=O) groups excluding carboxylic acids is 3. The Labute approximate surface area is 194 Å². The summed E-state index contributed by atoms with van der Waals surface area (Å²) < 4.78 is 0. The van der Waals surface area contributed by atoms with E-state index in [1.165, 1.54) is 11.8 Å². The number of thioether (sulfide) groups is 1. The summed E-state index contributed by atoms with van der Waals surface area (Å²) in [5, 5.41) is 31.8. The molecule has 0 radical (unpaired) electrons. The molecule has 13 nitrogen and oxygen atoms in total. The van der Waals surface area contributed by atoms with E-state index in [9.17, 15) is 33.9 Å². The molecule has 0 saturated carbocycles. The second-order valence-electron chi connectivity index (χ2n) is 7.57. The lowest BCUT2D eigenvalue weighted by molar-refractivity contribution is -0.147. The maximum Gasteiger partial charge on any atom is 0.326 e. The van der Waals surface area contributed by atoms with E-state index in [1.807, 2.05) is 0 Å². The molecule has 0 aliphatic carbocycles. The molecular formula is C19H30N4O9S. The Morgan fingerprint density at radius 1 is 1.03 bits per heavy atom. The molecule has 0 aromatic carbocycles. The van der Waals surface area contributed by atoms with Crippen molar-refractivity contribution in [1.82, 2.24) is 15.5 Å². The summed E-state index contributed by atoms with van der Waals surface area (Å²) in [6.07, 6.45) is 1.29. The topological polar surface area (TPSA) is 216 Å². The SMILES string of the molecule is CSCCC(NC(=O)C1CCCN1C(=O)C(CC(=O)O)NC(=O)C(N)CCC(=O)O)C(=O)O. The third kappa shape index (κ3) is 9.26. The average Bonchev–Trinajstić information content (AvgIpc) is 3.23. The number of carboxylic acid groups (broad SMARTS) is 3. The first-order chi connectivity index (χ1) is 15.5. The summed E-state index contributed by atoms with van der Waals surface area (Å²) >= 11 is 1.42. The van der Waals surface area contributed by atoms with Gasteiger partial charge >= 0.3 is 17.9 Å². The van der Waals surface area contributed by atoms with Crippen LogP contribution in [0.15, 0.2) is 0 Å². The van der Waals surface area contributed by atoms with Crippen LogP contribution in [0.1, 0.15) is 38.5 Å². The Bertz CT molecular complexity index is 764. The first-order valence-electron chi connectivity index (χ1n) is 10.3. The van der Waals surface area contributed by atoms with Crippen LogP contribution in [0.2, 0.25) is 0 Å². The van der Waals surface area contributed by atoms with Gasteiger partial charge in [0.15, 0.2) is 0 Å². The van der Waals surface area contributed by atoms with Gasteiger partial charge in [0.1, 0.15) is 18.1 Å². The van der Waals surface area contributed by atoms with Crippen molar-refractivity contribution in [1.29, 1.82) is 0 Å². The van der Waals surface area contributed by atoms with Gasteiger partial charge in [0, 0.05) is 13.0 Å². The molecule has 1 aliphatic heterocycles. The molecular weight excluding hydrogens is 460 g/mol. The molecule has 14 heteroatoms. The standard InChI is InChI=1S/C19H30N4O9S/c1-33-8-6-11(19(31)32)21-17(29)13-3-2-7-23(13)18(30)12(9-15(26)27)22-16(28)10(20)4-5-14(24)25/h10-13H,2-9,20H2,1H3,(H,21,29)(H,22,28)(H,24,25)(H,26,27)(H,31,32). The van der Waals surface area contributed by atoms with Gasteiger partial charge in [0.2, 0.25) is 17.7 Å². The number of amides is 3. The summed E-state index contributed by atoms with van der Waals surface area (Å²) in [6, 6.07) is -4.94. The number of hydrogen-bond acceptors (Lipinski definition) is 8. The molecule has 3 amide bonds. The molecule has 1 rings (SSSR count). The van der Waals surface area contributed by atoms with Gasteiger partial charge < -0.3 is 36.6 Å². The Balaban J connectivity index is 2.91. The zero-order chi connectivity index (χ0) is 25.1. The molecule has 4 atom stereocenters. The maximum absolute atomic E-state index is 13.0. The number of aliphatic carboxylic acids is 3. The van der Waals surface area contributed by atoms with Gasteiger partial charge in [-0.05, 0) is 37.7 Å². The predicted octanol–water partition coefficient (Wildman–Crippen LogP) is -1.55. The Kier molecular flexibility index (Phi) is 11.6. The van der Waals surface area contributed by atoms with E-state index in [-0.39, 0.29) is 32.2 Å². The van der Waals surface area contributed by atoms with Crippen molar-refractivity contribution in [2.24, 2.45) is 5.73 Å². The van der Waals surface area contributed by atoms with Crippen molar-refractivity contribution in [2.45, 2.75) is 62.7 Å². The van der Waals surface area contributed by atoms with Crippen molar-refractivity contribution in [3.63, 3.8) is 0 Å². The highest BCUT2D eigenvalue weighted by atomic mass is 32.2. The highest BCUT2D eigenvalue weighted by Gasteiger charge is 2.39. The van der Waals surface area contributed by atoms with Gasteiger partial charge in [-0.3, -0.25) is 24.0 Å². The van der Waals surface area contributed by atoms with Crippen LogP contribution in [0, 0.1) is 0 Å². The number of rotatable bonds is 14. The zero-order valence-corrected chi connectivity index (χ0v) is 19.0. The Morgan fingerprint density at radius 3 is 2.24 bits per heavy atom. The average molecular weight is 491 g/mol. The number of carbonyl (C=O) groups is 6. The lowest BCUT2D eigenvalue weighted by atomic mass is 10.1. The number of hydrogen-bond donors (Lipinski definition) is 6. The minimum atomic E-state index is -1.52. The van der Waals surface area contributed by atoms with Gasteiger partial charge in [-0.1, -0.05) is 0 Å². The highest BCUT2D eigenvalue weighted by molar-refractivity contribution is 7.98. The van der Waals surface area contributed by atoms with Crippen LogP contribution in [0.5, 0.6) is 0 Å². The number of likely N-dealkylation sites (tertiary alicyclic amines) is 1. The summed E-state index contributed by atoms with van der Waals surface area (Å²) in [4.78, 5) is 72.4. The molecule has 1 saturated heterocycles. The van der Waals surface area contributed by atoms with E-state index in [2.05, 4.69) is 10.6 Å². The van der Waals surface area contributed by atoms with Gasteiger partial charge in [-0.25, -0.2) is 4.79 Å². The van der Waals surface area contributed by atoms with Gasteiger partial charge in [0.25, 0.3) is 0 Å². The molecule has 186 valence electrons. The van der Waals surface area contributed by atoms with Crippen LogP contribution in [0.4, 0.5) is 0 Å². The fraction of sp³-hybridized carbons (Fsp3) is 0.684. The second-order valence-corrected chi connectivity index (χ2v) is 8.55. The summed E-state index contributed by atoms with van der Waals surface area (Å²) in [7, 11) is 0. The van der Waals surface area contributed by atoms with E-state index < -0.39 is 66.2 Å². The molecule has 0 bridgehead atoms. The number of nitrogens with two attached hydrogens (primary N) is 1. The van der Waals surface area contributed by atoms with Gasteiger partial charge in [-0.2, -0.15) is 11.8 Å². The number of nitrogens with zero attached hydrogens (tertiary/aromatic N) is 1. The third-order valence-corrected chi connectivity index (χ3v) is 5.71. The van der Waals surface area contributed by atoms with Crippen LogP contribution in [-0.2, 0) is 28.8 Å². The van der Waals surface area contributed by atoms with E-state index in [4.69, 9.17) is 15.9 Å². The summed E-state index contributed by atoms with van der Waals surface area (Å²) in [5.74, 6) is -5.63. The van der Waals surface area contributed by atoms with Crippen molar-refractivity contribution in [3.8, 4) is 0 Å². The second kappa shape index (κ2) is 13.6. The monoisotopic (exact) mass is 490 g/mol. The summed E-state index contributed by atoms with van der Waals surface area (Å²) in [5.41, 5.74) is 5.63. The molecule has 4 unspecified atom stereocenters. The molecule has 1 heterocycles. The molecule has 0 spiro atoms. The lowest BCUT2D eigenvalue weighted by Gasteiger charge is -2.29. The van der Waals surface area contributed by atoms with Crippen LogP contribution in [-0.4, -0.2) is 98.6 Å². The summed E-state index contributed by atoms with van der Waals surface area (Å²) in [6.45, 7) is 0.122. The minimum Gasteiger partial charge on any atom is -0.481 e. The molecule has 7 N–H and O–H groups in total.